The van der Waals surface area contributed by atoms with Crippen LogP contribution in [0.2, 0.25) is 0 Å². The Morgan fingerprint density at radius 1 is 1.34 bits per heavy atom. The third-order valence-corrected chi connectivity index (χ3v) is 7.43. The fourth-order valence-corrected chi connectivity index (χ4v) is 5.18. The van der Waals surface area contributed by atoms with Crippen molar-refractivity contribution in [3.05, 3.63) is 36.4 Å². The molecule has 0 radical (unpaired) electrons. The van der Waals surface area contributed by atoms with Crippen molar-refractivity contribution in [2.75, 3.05) is 11.9 Å². The summed E-state index contributed by atoms with van der Waals surface area (Å²) in [5, 5.41) is 6.14. The summed E-state index contributed by atoms with van der Waals surface area (Å²) in [6.07, 6.45) is 7.40. The van der Waals surface area contributed by atoms with Gasteiger partial charge in [-0.1, -0.05) is 13.3 Å². The lowest BCUT2D eigenvalue weighted by Crippen LogP contribution is -2.49. The first-order valence-electron chi connectivity index (χ1n) is 10.7. The van der Waals surface area contributed by atoms with Gasteiger partial charge in [-0.25, -0.2) is 14.2 Å². The fraction of sp³-hybridized carbons (Fsp3) is 0.455. The number of amides is 4. The minimum Gasteiger partial charge on any atom is -0.329 e. The average Bonchev–Trinajstić information content (AvgIpc) is 3.26. The third kappa shape index (κ3) is 4.36. The smallest absolute Gasteiger partial charge is 0.325 e. The van der Waals surface area contributed by atoms with Crippen molar-refractivity contribution in [1.82, 2.24) is 19.8 Å². The first kappa shape index (κ1) is 22.3. The molecule has 32 heavy (non-hydrogen) atoms. The van der Waals surface area contributed by atoms with Crippen LogP contribution in [-0.2, 0) is 16.6 Å². The topological polar surface area (TPSA) is 96.3 Å². The van der Waals surface area contributed by atoms with Crippen LogP contribution >= 0.6 is 11.8 Å². The zero-order chi connectivity index (χ0) is 22.9. The van der Waals surface area contributed by atoms with Crippen molar-refractivity contribution >= 4 is 35.3 Å². The molecule has 0 unspecified atom stereocenters. The van der Waals surface area contributed by atoms with Crippen molar-refractivity contribution in [2.24, 2.45) is 13.0 Å². The maximum absolute atomic E-state index is 13.9. The van der Waals surface area contributed by atoms with Gasteiger partial charge in [0.05, 0.1) is 5.69 Å². The van der Waals surface area contributed by atoms with Crippen LogP contribution in [0.5, 0.6) is 0 Å². The molecule has 1 aromatic heterocycles. The number of hydrogen-bond donors (Lipinski definition) is 2. The van der Waals surface area contributed by atoms with Gasteiger partial charge in [0, 0.05) is 24.3 Å². The molecule has 1 aliphatic carbocycles. The highest BCUT2D eigenvalue weighted by Gasteiger charge is 2.52. The van der Waals surface area contributed by atoms with Gasteiger partial charge in [-0.3, -0.25) is 14.5 Å². The fourth-order valence-electron chi connectivity index (χ4n) is 4.31. The molecule has 1 saturated heterocycles. The van der Waals surface area contributed by atoms with E-state index in [1.165, 1.54) is 23.9 Å². The van der Waals surface area contributed by atoms with Gasteiger partial charge in [-0.05, 0) is 61.6 Å². The molecule has 0 atom stereocenters. The second kappa shape index (κ2) is 8.93. The summed E-state index contributed by atoms with van der Waals surface area (Å²) in [6, 6.07) is 3.51. The molecule has 2 fully saturated rings. The quantitative estimate of drug-likeness (QED) is 0.644. The summed E-state index contributed by atoms with van der Waals surface area (Å²) in [5.74, 6) is -0.870. The Labute approximate surface area is 189 Å². The number of halogens is 1. The van der Waals surface area contributed by atoms with Gasteiger partial charge in [0.2, 0.25) is 5.91 Å². The predicted molar refractivity (Wildman–Crippen MR) is 118 cm³/mol. The summed E-state index contributed by atoms with van der Waals surface area (Å²) in [6.45, 7) is 1.70. The number of aromatic nitrogens is 2. The Morgan fingerprint density at radius 2 is 2.09 bits per heavy atom. The standard InChI is InChI=1S/C22H26FN5O3S/c1-3-14-6-8-22(9-7-14)19(30)28(20(31)26-22)13-18(29)25-16-12-15(23)4-5-17(16)32-21-24-10-11-27(21)2/h4-5,10-12,14H,3,6-9,13H2,1-2H3,(H,25,29)(H,26,31). The predicted octanol–water partition coefficient (Wildman–Crippen LogP) is 3.54. The monoisotopic (exact) mass is 459 g/mol. The average molecular weight is 460 g/mol. The van der Waals surface area contributed by atoms with Gasteiger partial charge in [-0.2, -0.15) is 0 Å². The number of imide groups is 1. The van der Waals surface area contributed by atoms with E-state index in [1.54, 1.807) is 23.0 Å². The molecule has 4 amide bonds. The number of urea groups is 1. The van der Waals surface area contributed by atoms with Crippen molar-refractivity contribution in [1.29, 1.82) is 0 Å². The number of carbonyl (C=O) groups excluding carboxylic acids is 3. The summed E-state index contributed by atoms with van der Waals surface area (Å²) in [7, 11) is 1.83. The van der Waals surface area contributed by atoms with Gasteiger partial charge in [0.25, 0.3) is 5.91 Å². The molecule has 4 rings (SSSR count). The van der Waals surface area contributed by atoms with Crippen molar-refractivity contribution in [3.8, 4) is 0 Å². The van der Waals surface area contributed by atoms with Gasteiger partial charge in [0.1, 0.15) is 17.9 Å². The number of imidazole rings is 1. The van der Waals surface area contributed by atoms with Gasteiger partial charge in [0.15, 0.2) is 5.16 Å². The lowest BCUT2D eigenvalue weighted by Gasteiger charge is -2.34. The van der Waals surface area contributed by atoms with E-state index in [-0.39, 0.29) is 11.6 Å². The Bertz CT molecular complexity index is 1050. The molecule has 0 bridgehead atoms. The molecule has 1 saturated carbocycles. The van der Waals surface area contributed by atoms with Crippen LogP contribution in [0.4, 0.5) is 14.9 Å². The van der Waals surface area contributed by atoms with Crippen LogP contribution in [-0.4, -0.2) is 44.4 Å². The summed E-state index contributed by atoms with van der Waals surface area (Å²) in [4.78, 5) is 44.1. The van der Waals surface area contributed by atoms with Gasteiger partial charge >= 0.3 is 6.03 Å². The summed E-state index contributed by atoms with van der Waals surface area (Å²) in [5.41, 5.74) is -0.644. The molecule has 1 aromatic carbocycles. The Kier molecular flexibility index (Phi) is 6.23. The lowest BCUT2D eigenvalue weighted by atomic mass is 9.75. The van der Waals surface area contributed by atoms with Crippen LogP contribution in [0.3, 0.4) is 0 Å². The minimum atomic E-state index is -0.902. The number of benzene rings is 1. The number of hydrogen-bond acceptors (Lipinski definition) is 5. The first-order valence-corrected chi connectivity index (χ1v) is 11.5. The lowest BCUT2D eigenvalue weighted by molar-refractivity contribution is -0.135. The van der Waals surface area contributed by atoms with E-state index in [9.17, 15) is 18.8 Å². The molecular formula is C22H26FN5O3S. The highest BCUT2D eigenvalue weighted by Crippen LogP contribution is 2.38. The molecule has 170 valence electrons. The van der Waals surface area contributed by atoms with Crippen LogP contribution in [0.1, 0.15) is 39.0 Å². The number of anilines is 1. The normalized spacial score (nSPS) is 23.0. The Hall–Kier alpha value is -2.88. The highest BCUT2D eigenvalue weighted by atomic mass is 32.2. The van der Waals surface area contributed by atoms with E-state index in [2.05, 4.69) is 22.5 Å². The second-order valence-electron chi connectivity index (χ2n) is 8.37. The van der Waals surface area contributed by atoms with E-state index in [0.29, 0.717) is 28.8 Å². The molecule has 1 spiro atoms. The first-order chi connectivity index (χ1) is 15.3. The van der Waals surface area contributed by atoms with Crippen molar-refractivity contribution in [3.63, 3.8) is 0 Å². The van der Waals surface area contributed by atoms with Crippen LogP contribution in [0.15, 0.2) is 40.6 Å². The molecular weight excluding hydrogens is 433 g/mol. The van der Waals surface area contributed by atoms with Gasteiger partial charge < -0.3 is 15.2 Å². The maximum atomic E-state index is 13.9. The number of rotatable bonds is 6. The SMILES string of the molecule is CCC1CCC2(CC1)NC(=O)N(CC(=O)Nc1cc(F)ccc1Sc1nccn1C)C2=O. The number of nitrogens with one attached hydrogen (secondary N) is 2. The van der Waals surface area contributed by atoms with Crippen molar-refractivity contribution < 1.29 is 18.8 Å². The zero-order valence-corrected chi connectivity index (χ0v) is 18.9. The van der Waals surface area contributed by atoms with Crippen LogP contribution < -0.4 is 10.6 Å². The molecule has 2 aromatic rings. The van der Waals surface area contributed by atoms with E-state index in [0.717, 1.165) is 24.2 Å². The number of carbonyl (C=O) groups is 3. The van der Waals surface area contributed by atoms with E-state index >= 15 is 0 Å². The number of nitrogens with zero attached hydrogens (tertiary/aromatic N) is 3. The van der Waals surface area contributed by atoms with E-state index < -0.39 is 29.8 Å². The van der Waals surface area contributed by atoms with E-state index in [1.807, 2.05) is 7.05 Å². The molecule has 2 N–H and O–H groups in total. The van der Waals surface area contributed by atoms with E-state index in [4.69, 9.17) is 0 Å². The zero-order valence-electron chi connectivity index (χ0n) is 18.1. The van der Waals surface area contributed by atoms with Crippen LogP contribution in [0.25, 0.3) is 0 Å². The van der Waals surface area contributed by atoms with Gasteiger partial charge in [-0.15, -0.1) is 0 Å². The second-order valence-corrected chi connectivity index (χ2v) is 9.38. The Balaban J connectivity index is 1.45. The third-order valence-electron chi connectivity index (χ3n) is 6.28. The van der Waals surface area contributed by atoms with Crippen LogP contribution in [0, 0.1) is 11.7 Å². The largest absolute Gasteiger partial charge is 0.329 e. The minimum absolute atomic E-state index is 0.258. The summed E-state index contributed by atoms with van der Waals surface area (Å²) >= 11 is 1.27. The molecule has 10 heteroatoms. The number of aryl methyl sites for hydroxylation is 1. The molecule has 2 heterocycles. The maximum Gasteiger partial charge on any atom is 0.325 e. The highest BCUT2D eigenvalue weighted by molar-refractivity contribution is 7.99. The molecule has 8 nitrogen and oxygen atoms in total. The molecule has 2 aliphatic rings. The Morgan fingerprint density at radius 3 is 2.75 bits per heavy atom. The summed E-state index contributed by atoms with van der Waals surface area (Å²) < 4.78 is 15.7. The van der Waals surface area contributed by atoms with Crippen molar-refractivity contribution in [2.45, 2.75) is 54.6 Å². The molecule has 1 aliphatic heterocycles.